The third-order valence-corrected chi connectivity index (χ3v) is 10.3. The number of phenols is 1. The number of Topliss-reactive ketones (excluding diaryl/α,β-unsaturated/α-hetero) is 2. The largest absolute Gasteiger partial charge is 0.507 e. The Labute approximate surface area is 266 Å². The van der Waals surface area contributed by atoms with Gasteiger partial charge in [-0.1, -0.05) is 30.3 Å². The first kappa shape index (κ1) is 30.5. The van der Waals surface area contributed by atoms with E-state index in [2.05, 4.69) is 10.1 Å². The van der Waals surface area contributed by atoms with E-state index in [0.29, 0.717) is 42.4 Å². The van der Waals surface area contributed by atoms with Gasteiger partial charge in [0.15, 0.2) is 22.9 Å². The van der Waals surface area contributed by atoms with E-state index in [1.165, 1.54) is 13.2 Å². The van der Waals surface area contributed by atoms with Crippen molar-refractivity contribution in [2.75, 3.05) is 48.0 Å². The summed E-state index contributed by atoms with van der Waals surface area (Å²) in [6, 6.07) is 10.1. The molecule has 2 fully saturated rings. The molecule has 4 aliphatic rings. The van der Waals surface area contributed by atoms with Crippen LogP contribution >= 0.6 is 0 Å². The molecule has 3 N–H and O–H groups in total. The third kappa shape index (κ3) is 4.42. The summed E-state index contributed by atoms with van der Waals surface area (Å²) in [7, 11) is 7.13. The molecule has 12 nitrogen and oxygen atoms in total. The number of rotatable bonds is 6. The summed E-state index contributed by atoms with van der Waals surface area (Å²) in [5.74, 6) is -3.31. The average molecular weight is 631 g/mol. The molecule has 6 unspecified atom stereocenters. The maximum atomic E-state index is 14.5. The standard InChI is InChI=1S/C34H38N4O8/c1-37(2)27-21-13-18-12-20-25(23(39)14-19(29(20)43-4)22-16-44-11-10-38(22)3)28(40)24(18)32(41)34(21,42)31(35)26-30(27)46-36-33(26)45-15-17-8-6-5-7-9-17/h5-9,14,18,21-22,24,27,35,39,42H,10-13,15-16H2,1-4H3. The number of hydrogen-bond donors (Lipinski definition) is 3. The fraction of sp³-hybridized carbons (Fsp3) is 0.471. The number of fused-ring (bicyclic) bond motifs is 4. The Bertz CT molecular complexity index is 1720. The topological polar surface area (TPSA) is 159 Å². The molecule has 1 saturated heterocycles. The average Bonchev–Trinajstić information content (AvgIpc) is 3.45. The summed E-state index contributed by atoms with van der Waals surface area (Å²) >= 11 is 0. The van der Waals surface area contributed by atoms with Gasteiger partial charge in [0.2, 0.25) is 0 Å². The summed E-state index contributed by atoms with van der Waals surface area (Å²) in [4.78, 5) is 32.7. The second-order valence-electron chi connectivity index (χ2n) is 13.0. The minimum absolute atomic E-state index is 0.00406. The molecule has 7 rings (SSSR count). The van der Waals surface area contributed by atoms with Gasteiger partial charge in [-0.15, -0.1) is 0 Å². The molecule has 12 heteroatoms. The van der Waals surface area contributed by atoms with Crippen molar-refractivity contribution < 1.29 is 38.5 Å². The molecule has 0 bridgehead atoms. The molecule has 1 aliphatic heterocycles. The van der Waals surface area contributed by atoms with Gasteiger partial charge in [-0.3, -0.25) is 19.4 Å². The van der Waals surface area contributed by atoms with Gasteiger partial charge in [0.25, 0.3) is 5.88 Å². The van der Waals surface area contributed by atoms with Gasteiger partial charge in [-0.2, -0.15) is 0 Å². The molecule has 3 aliphatic carbocycles. The molecule has 0 spiro atoms. The number of ketones is 2. The van der Waals surface area contributed by atoms with Gasteiger partial charge in [0, 0.05) is 23.6 Å². The first-order valence-electron chi connectivity index (χ1n) is 15.5. The second-order valence-corrected chi connectivity index (χ2v) is 13.0. The minimum atomic E-state index is -2.31. The van der Waals surface area contributed by atoms with Gasteiger partial charge >= 0.3 is 0 Å². The molecule has 2 aromatic carbocycles. The van der Waals surface area contributed by atoms with Crippen molar-refractivity contribution in [3.05, 3.63) is 70.0 Å². The molecule has 46 heavy (non-hydrogen) atoms. The lowest BCUT2D eigenvalue weighted by molar-refractivity contribution is -0.150. The van der Waals surface area contributed by atoms with E-state index in [1.807, 2.05) is 56.4 Å². The van der Waals surface area contributed by atoms with Crippen molar-refractivity contribution in [3.8, 4) is 17.4 Å². The number of benzene rings is 2. The maximum Gasteiger partial charge on any atom is 0.264 e. The number of likely N-dealkylation sites (N-methyl/N-ethyl adjacent to an activating group) is 1. The van der Waals surface area contributed by atoms with Crippen molar-refractivity contribution in [1.82, 2.24) is 15.0 Å². The number of carbonyl (C=O) groups is 2. The van der Waals surface area contributed by atoms with Crippen LogP contribution in [-0.4, -0.2) is 96.1 Å². The lowest BCUT2D eigenvalue weighted by atomic mass is 9.54. The summed E-state index contributed by atoms with van der Waals surface area (Å²) in [6.07, 6.45) is 0.512. The van der Waals surface area contributed by atoms with E-state index in [1.54, 1.807) is 0 Å². The van der Waals surface area contributed by atoms with Gasteiger partial charge in [-0.25, -0.2) is 0 Å². The molecular formula is C34H38N4O8. The first-order chi connectivity index (χ1) is 22.1. The fourth-order valence-electron chi connectivity index (χ4n) is 8.10. The molecule has 2 heterocycles. The highest BCUT2D eigenvalue weighted by molar-refractivity contribution is 6.27. The Morgan fingerprint density at radius 2 is 1.96 bits per heavy atom. The molecule has 1 saturated carbocycles. The van der Waals surface area contributed by atoms with Crippen molar-refractivity contribution in [2.45, 2.75) is 37.1 Å². The highest BCUT2D eigenvalue weighted by Crippen LogP contribution is 2.56. The summed E-state index contributed by atoms with van der Waals surface area (Å²) in [6.45, 7) is 1.84. The zero-order valence-corrected chi connectivity index (χ0v) is 26.3. The van der Waals surface area contributed by atoms with Gasteiger partial charge in [0.05, 0.1) is 49.6 Å². The number of nitrogens with one attached hydrogen (secondary N) is 1. The van der Waals surface area contributed by atoms with E-state index >= 15 is 0 Å². The van der Waals surface area contributed by atoms with Crippen molar-refractivity contribution in [1.29, 1.82) is 5.41 Å². The van der Waals surface area contributed by atoms with Gasteiger partial charge in [0.1, 0.15) is 23.7 Å². The van der Waals surface area contributed by atoms with Crippen LogP contribution in [0.3, 0.4) is 0 Å². The van der Waals surface area contributed by atoms with Crippen molar-refractivity contribution in [2.24, 2.45) is 17.8 Å². The van der Waals surface area contributed by atoms with Crippen LogP contribution in [0.25, 0.3) is 0 Å². The number of phenolic OH excluding ortho intramolecular Hbond substituents is 1. The lowest BCUT2D eigenvalue weighted by Crippen LogP contribution is -2.66. The highest BCUT2D eigenvalue weighted by atomic mass is 16.5. The molecular weight excluding hydrogens is 592 g/mol. The zero-order chi connectivity index (χ0) is 32.5. The van der Waals surface area contributed by atoms with Gasteiger partial charge in [-0.05, 0) is 56.7 Å². The minimum Gasteiger partial charge on any atom is -0.507 e. The normalized spacial score (nSPS) is 29.2. The Balaban J connectivity index is 1.29. The number of aliphatic hydroxyl groups is 1. The molecule has 1 aromatic heterocycles. The number of methoxy groups -OCH3 is 1. The number of nitrogens with zero attached hydrogens (tertiary/aromatic N) is 3. The Hall–Kier alpha value is -4.10. The van der Waals surface area contributed by atoms with Crippen LogP contribution in [0.5, 0.6) is 17.4 Å². The van der Waals surface area contributed by atoms with Crippen LogP contribution in [0, 0.1) is 23.2 Å². The lowest BCUT2D eigenvalue weighted by Gasteiger charge is -2.52. The van der Waals surface area contributed by atoms with E-state index < -0.39 is 46.7 Å². The maximum absolute atomic E-state index is 14.5. The van der Waals surface area contributed by atoms with E-state index in [4.69, 9.17) is 18.7 Å². The number of aromatic hydroxyl groups is 1. The third-order valence-electron chi connectivity index (χ3n) is 10.3. The van der Waals surface area contributed by atoms with Crippen LogP contribution < -0.4 is 9.47 Å². The SMILES string of the molecule is COc1c(C2COCCN2C)cc(O)c2c1CC1CC3C(N(C)C)c4onc(OCc5ccccc5)c4C(=N)C3(O)C(=O)C1C2=O. The first-order valence-corrected chi connectivity index (χ1v) is 15.5. The molecule has 0 radical (unpaired) electrons. The molecule has 0 amide bonds. The number of morpholine rings is 1. The Morgan fingerprint density at radius 3 is 2.65 bits per heavy atom. The van der Waals surface area contributed by atoms with Crippen molar-refractivity contribution >= 4 is 17.3 Å². The fourth-order valence-corrected chi connectivity index (χ4v) is 8.10. The smallest absolute Gasteiger partial charge is 0.264 e. The zero-order valence-electron chi connectivity index (χ0n) is 26.3. The Kier molecular flexibility index (Phi) is 7.51. The predicted molar refractivity (Wildman–Crippen MR) is 164 cm³/mol. The second kappa shape index (κ2) is 11.3. The molecule has 242 valence electrons. The molecule has 3 aromatic rings. The number of aromatic nitrogens is 1. The predicted octanol–water partition coefficient (Wildman–Crippen LogP) is 2.95. The van der Waals surface area contributed by atoms with E-state index in [0.717, 1.165) is 5.56 Å². The van der Waals surface area contributed by atoms with Crippen LogP contribution in [0.15, 0.2) is 40.9 Å². The Morgan fingerprint density at radius 1 is 1.20 bits per heavy atom. The number of carbonyl (C=O) groups excluding carboxylic acids is 2. The van der Waals surface area contributed by atoms with Crippen LogP contribution in [0.4, 0.5) is 0 Å². The highest BCUT2D eigenvalue weighted by Gasteiger charge is 2.66. The van der Waals surface area contributed by atoms with Gasteiger partial charge < -0.3 is 34.4 Å². The van der Waals surface area contributed by atoms with E-state index in [9.17, 15) is 25.2 Å². The van der Waals surface area contributed by atoms with Crippen LogP contribution in [0.2, 0.25) is 0 Å². The quantitative estimate of drug-likeness (QED) is 0.344. The summed E-state index contributed by atoms with van der Waals surface area (Å²) in [5.41, 5.74) is -0.427. The number of hydrogen-bond acceptors (Lipinski definition) is 12. The monoisotopic (exact) mass is 630 g/mol. The van der Waals surface area contributed by atoms with Crippen LogP contribution in [0.1, 0.15) is 56.9 Å². The summed E-state index contributed by atoms with van der Waals surface area (Å²) < 4.78 is 23.4. The number of ether oxygens (including phenoxy) is 3. The molecule has 6 atom stereocenters. The van der Waals surface area contributed by atoms with Crippen molar-refractivity contribution in [3.63, 3.8) is 0 Å². The summed E-state index contributed by atoms with van der Waals surface area (Å²) in [5, 5.41) is 37.0. The van der Waals surface area contributed by atoms with Crippen LogP contribution in [-0.2, 0) is 22.6 Å². The van der Waals surface area contributed by atoms with E-state index in [-0.39, 0.29) is 48.2 Å².